The highest BCUT2D eigenvalue weighted by Crippen LogP contribution is 2.46. The number of ether oxygens (including phenoxy) is 1. The molecule has 0 fully saturated rings. The van der Waals surface area contributed by atoms with E-state index in [2.05, 4.69) is 0 Å². The van der Waals surface area contributed by atoms with E-state index >= 15 is 0 Å². The number of nitrogens with zero attached hydrogens (tertiary/aromatic N) is 1. The molecule has 27 heavy (non-hydrogen) atoms. The topological polar surface area (TPSA) is 49.8 Å². The van der Waals surface area contributed by atoms with Gasteiger partial charge in [0.05, 0.1) is 11.1 Å². The van der Waals surface area contributed by atoms with E-state index in [1.165, 1.54) is 41.3 Å². The lowest BCUT2D eigenvalue weighted by Crippen LogP contribution is -2.44. The van der Waals surface area contributed by atoms with Crippen LogP contribution in [0.4, 0.5) is 23.2 Å². The van der Waals surface area contributed by atoms with Crippen molar-refractivity contribution in [3.63, 3.8) is 0 Å². The molecule has 4 nitrogen and oxygen atoms in total. The molecule has 0 amide bonds. The summed E-state index contributed by atoms with van der Waals surface area (Å²) in [4.78, 5) is 13.1. The van der Waals surface area contributed by atoms with Gasteiger partial charge in [-0.2, -0.15) is 13.2 Å². The number of anilines is 1. The van der Waals surface area contributed by atoms with E-state index in [1.807, 2.05) is 0 Å². The van der Waals surface area contributed by atoms with Gasteiger partial charge in [0.25, 0.3) is 0 Å². The summed E-state index contributed by atoms with van der Waals surface area (Å²) >= 11 is 0. The standard InChI is InChI=1S/C19H15F4NO3/c1-27-17-15(18(25)26)16(19(21,22)23)13-7-2-3-8-14(13)24(17)10-11-5-4-6-12(20)9-11/h2-9,17H,10H2,1H3,(H,25,26). The van der Waals surface area contributed by atoms with Crippen LogP contribution in [0.5, 0.6) is 0 Å². The Kier molecular flexibility index (Phi) is 4.93. The number of carboxylic acids is 1. The Balaban J connectivity index is 2.22. The molecule has 8 heteroatoms. The van der Waals surface area contributed by atoms with Crippen LogP contribution in [-0.2, 0) is 16.1 Å². The fourth-order valence-electron chi connectivity index (χ4n) is 3.25. The summed E-state index contributed by atoms with van der Waals surface area (Å²) in [5.74, 6) is -2.23. The van der Waals surface area contributed by atoms with E-state index in [4.69, 9.17) is 4.74 Å². The number of halogens is 4. The van der Waals surface area contributed by atoms with E-state index in [1.54, 1.807) is 12.1 Å². The van der Waals surface area contributed by atoms with Gasteiger partial charge >= 0.3 is 12.1 Å². The summed E-state index contributed by atoms with van der Waals surface area (Å²) in [7, 11) is 1.13. The molecule has 3 rings (SSSR count). The number of rotatable bonds is 4. The number of hydrogen-bond donors (Lipinski definition) is 1. The van der Waals surface area contributed by atoms with Crippen molar-refractivity contribution < 1.29 is 32.2 Å². The minimum Gasteiger partial charge on any atom is -0.478 e. The van der Waals surface area contributed by atoms with Gasteiger partial charge in [0.2, 0.25) is 0 Å². The Bertz CT molecular complexity index is 908. The highest BCUT2D eigenvalue weighted by atomic mass is 19.4. The molecular weight excluding hydrogens is 366 g/mol. The van der Waals surface area contributed by atoms with Crippen molar-refractivity contribution in [2.24, 2.45) is 0 Å². The van der Waals surface area contributed by atoms with Crippen LogP contribution in [0.3, 0.4) is 0 Å². The van der Waals surface area contributed by atoms with Crippen LogP contribution < -0.4 is 4.90 Å². The number of para-hydroxylation sites is 1. The third-order valence-corrected chi connectivity index (χ3v) is 4.26. The average Bonchev–Trinajstić information content (AvgIpc) is 2.60. The monoisotopic (exact) mass is 381 g/mol. The van der Waals surface area contributed by atoms with Crippen LogP contribution >= 0.6 is 0 Å². The maximum Gasteiger partial charge on any atom is 0.417 e. The summed E-state index contributed by atoms with van der Waals surface area (Å²) in [6, 6.07) is 11.2. The molecule has 1 atom stereocenters. The molecule has 1 aliphatic rings. The summed E-state index contributed by atoms with van der Waals surface area (Å²) in [6.07, 6.45) is -6.37. The first kappa shape index (κ1) is 18.9. The van der Waals surface area contributed by atoms with Crippen LogP contribution in [-0.4, -0.2) is 30.6 Å². The summed E-state index contributed by atoms with van der Waals surface area (Å²) in [6.45, 7) is -0.0325. The zero-order chi connectivity index (χ0) is 19.8. The third-order valence-electron chi connectivity index (χ3n) is 4.26. The van der Waals surface area contributed by atoms with Crippen molar-refractivity contribution in [3.05, 3.63) is 71.0 Å². The molecule has 142 valence electrons. The SMILES string of the molecule is COC1C(C(=O)O)=C(C(F)(F)F)c2ccccc2N1Cc1cccc(F)c1. The minimum absolute atomic E-state index is 0.0325. The first-order valence-electron chi connectivity index (χ1n) is 7.92. The molecule has 1 aliphatic heterocycles. The lowest BCUT2D eigenvalue weighted by Gasteiger charge is -2.39. The van der Waals surface area contributed by atoms with E-state index in [0.29, 0.717) is 5.56 Å². The lowest BCUT2D eigenvalue weighted by molar-refractivity contribution is -0.134. The molecule has 0 saturated carbocycles. The highest BCUT2D eigenvalue weighted by Gasteiger charge is 2.47. The van der Waals surface area contributed by atoms with Gasteiger partial charge in [0.1, 0.15) is 5.82 Å². The molecule has 0 bridgehead atoms. The van der Waals surface area contributed by atoms with Crippen LogP contribution in [0.15, 0.2) is 54.1 Å². The third kappa shape index (κ3) is 3.52. The second-order valence-electron chi connectivity index (χ2n) is 5.95. The Morgan fingerprint density at radius 2 is 1.89 bits per heavy atom. The number of benzene rings is 2. The first-order chi connectivity index (χ1) is 12.7. The van der Waals surface area contributed by atoms with E-state index in [9.17, 15) is 27.5 Å². The molecule has 0 aromatic heterocycles. The predicted molar refractivity (Wildman–Crippen MR) is 90.4 cm³/mol. The van der Waals surface area contributed by atoms with Gasteiger partial charge in [0, 0.05) is 24.9 Å². The van der Waals surface area contributed by atoms with E-state index in [0.717, 1.165) is 7.11 Å². The van der Waals surface area contributed by atoms with Gasteiger partial charge in [-0.3, -0.25) is 0 Å². The molecule has 1 heterocycles. The van der Waals surface area contributed by atoms with Crippen LogP contribution in [0.1, 0.15) is 11.1 Å². The molecule has 1 unspecified atom stereocenters. The van der Waals surface area contributed by atoms with Crippen molar-refractivity contribution >= 4 is 17.2 Å². The van der Waals surface area contributed by atoms with Crippen LogP contribution in [0.2, 0.25) is 0 Å². The van der Waals surface area contributed by atoms with Crippen molar-refractivity contribution in [1.82, 2.24) is 0 Å². The molecular formula is C19H15F4NO3. The normalized spacial score (nSPS) is 17.1. The van der Waals surface area contributed by atoms with Gasteiger partial charge < -0.3 is 14.7 Å². The Morgan fingerprint density at radius 1 is 1.19 bits per heavy atom. The fraction of sp³-hybridized carbons (Fsp3) is 0.211. The first-order valence-corrected chi connectivity index (χ1v) is 7.92. The smallest absolute Gasteiger partial charge is 0.417 e. The van der Waals surface area contributed by atoms with Gasteiger partial charge in [-0.05, 0) is 23.8 Å². The molecule has 0 spiro atoms. The zero-order valence-electron chi connectivity index (χ0n) is 14.1. The average molecular weight is 381 g/mol. The number of methoxy groups -OCH3 is 1. The summed E-state index contributed by atoms with van der Waals surface area (Å²) in [5.41, 5.74) is -1.78. The molecule has 0 saturated heterocycles. The Morgan fingerprint density at radius 3 is 2.48 bits per heavy atom. The maximum atomic E-state index is 13.7. The van der Waals surface area contributed by atoms with Gasteiger partial charge in [-0.25, -0.2) is 9.18 Å². The quantitative estimate of drug-likeness (QED) is 0.806. The van der Waals surface area contributed by atoms with Crippen molar-refractivity contribution in [3.8, 4) is 0 Å². The Labute approximate surface area is 152 Å². The number of carbonyl (C=O) groups is 1. The molecule has 2 aromatic rings. The minimum atomic E-state index is -4.88. The molecule has 2 aromatic carbocycles. The zero-order valence-corrected chi connectivity index (χ0v) is 14.1. The number of aliphatic carboxylic acids is 1. The van der Waals surface area contributed by atoms with Gasteiger partial charge in [-0.1, -0.05) is 30.3 Å². The molecule has 0 radical (unpaired) electrons. The summed E-state index contributed by atoms with van der Waals surface area (Å²) < 4.78 is 59.8. The molecule has 0 aliphatic carbocycles. The number of alkyl halides is 3. The largest absolute Gasteiger partial charge is 0.478 e. The number of hydrogen-bond acceptors (Lipinski definition) is 3. The van der Waals surface area contributed by atoms with E-state index < -0.39 is 35.3 Å². The van der Waals surface area contributed by atoms with Crippen LogP contribution in [0, 0.1) is 5.82 Å². The second-order valence-corrected chi connectivity index (χ2v) is 5.95. The maximum absolute atomic E-state index is 13.7. The highest BCUT2D eigenvalue weighted by molar-refractivity contribution is 6.03. The number of allylic oxidation sites excluding steroid dienone is 1. The van der Waals surface area contributed by atoms with Crippen molar-refractivity contribution in [1.29, 1.82) is 0 Å². The number of carboxylic acid groups (broad SMARTS) is 1. The number of fused-ring (bicyclic) bond motifs is 1. The fourth-order valence-corrected chi connectivity index (χ4v) is 3.25. The Hall–Kier alpha value is -2.87. The summed E-state index contributed by atoms with van der Waals surface area (Å²) in [5, 5.41) is 9.50. The lowest BCUT2D eigenvalue weighted by atomic mass is 9.91. The van der Waals surface area contributed by atoms with Crippen molar-refractivity contribution in [2.45, 2.75) is 18.9 Å². The van der Waals surface area contributed by atoms with Crippen LogP contribution in [0.25, 0.3) is 5.57 Å². The van der Waals surface area contributed by atoms with Gasteiger partial charge in [-0.15, -0.1) is 0 Å². The predicted octanol–water partition coefficient (Wildman–Crippen LogP) is 4.22. The van der Waals surface area contributed by atoms with Gasteiger partial charge in [0.15, 0.2) is 6.23 Å². The second kappa shape index (κ2) is 7.03. The molecule has 1 N–H and O–H groups in total. The van der Waals surface area contributed by atoms with E-state index in [-0.39, 0.29) is 17.8 Å². The van der Waals surface area contributed by atoms with Crippen molar-refractivity contribution in [2.75, 3.05) is 12.0 Å².